The second kappa shape index (κ2) is 13.6. The molecule has 7 rings (SSSR count). The van der Waals surface area contributed by atoms with Crippen LogP contribution in [0.25, 0.3) is 5.32 Å². The number of aliphatic carboxylic acids is 1. The molecule has 3 heterocycles. The van der Waals surface area contributed by atoms with Gasteiger partial charge in [0.2, 0.25) is 0 Å². The van der Waals surface area contributed by atoms with E-state index in [1.54, 1.807) is 7.11 Å². The first-order chi connectivity index (χ1) is 23.4. The van der Waals surface area contributed by atoms with Crippen LogP contribution in [0.2, 0.25) is 0 Å². The monoisotopic (exact) mass is 693 g/mol. The molecule has 0 amide bonds. The number of aliphatic hydroxyl groups excluding tert-OH is 3. The number of carboxylic acids is 1. The molecule has 49 heavy (non-hydrogen) atoms. The highest BCUT2D eigenvalue weighted by Gasteiger charge is 2.71. The molecule has 3 aliphatic heterocycles. The summed E-state index contributed by atoms with van der Waals surface area (Å²) < 4.78 is 29.1. The Morgan fingerprint density at radius 3 is 2.47 bits per heavy atom. The van der Waals surface area contributed by atoms with Crippen LogP contribution in [-0.2, 0) is 23.7 Å². The number of carbonyl (C=O) groups is 1. The lowest BCUT2D eigenvalue weighted by Gasteiger charge is -2.57. The molecule has 4 aliphatic carbocycles. The number of methoxy groups -OCH3 is 1. The minimum absolute atomic E-state index is 0.0746. The SMILES string of the molecule is COC1CCC(C2CC(O)C3C(CC(OC4OC(C(=O)[O-])C5(O)C([C+]6C=N[CH+][N-]6)C=CC4(O)C5O)C(OC4(O)CCCCC4)C3O)[OH+]2)CC1. The van der Waals surface area contributed by atoms with Gasteiger partial charge in [0.1, 0.15) is 18.3 Å². The maximum Gasteiger partial charge on any atom is 0.302 e. The fourth-order valence-electron chi connectivity index (χ4n) is 9.50. The highest BCUT2D eigenvalue weighted by Crippen LogP contribution is 2.51. The van der Waals surface area contributed by atoms with Gasteiger partial charge in [-0.1, -0.05) is 11.4 Å². The van der Waals surface area contributed by atoms with E-state index in [2.05, 4.69) is 10.3 Å². The van der Waals surface area contributed by atoms with Crippen molar-refractivity contribution >= 4 is 12.2 Å². The summed E-state index contributed by atoms with van der Waals surface area (Å²) in [6.07, 6.45) is -0.749. The van der Waals surface area contributed by atoms with Gasteiger partial charge in [-0.05, 0) is 50.7 Å². The number of ether oxygens (including phenoxy) is 5. The summed E-state index contributed by atoms with van der Waals surface area (Å²) >= 11 is 0. The summed E-state index contributed by atoms with van der Waals surface area (Å²) in [5.41, 5.74) is -5.08. The Balaban J connectivity index is 1.18. The van der Waals surface area contributed by atoms with Crippen LogP contribution in [0.4, 0.5) is 0 Å². The highest BCUT2D eigenvalue weighted by molar-refractivity contribution is 5.84. The minimum atomic E-state index is -2.62. The van der Waals surface area contributed by atoms with E-state index in [1.807, 2.05) is 0 Å². The number of hydrogen-bond donors (Lipinski definition) is 6. The lowest BCUT2D eigenvalue weighted by Crippen LogP contribution is -2.79. The van der Waals surface area contributed by atoms with Crippen LogP contribution in [-0.4, -0.2) is 133 Å². The van der Waals surface area contributed by atoms with E-state index < -0.39 is 83.8 Å². The summed E-state index contributed by atoms with van der Waals surface area (Å²) in [4.78, 5) is 16.3. The highest BCUT2D eigenvalue weighted by atomic mass is 16.7. The molecule has 7 aliphatic rings. The van der Waals surface area contributed by atoms with Gasteiger partial charge in [0.05, 0.1) is 43.0 Å². The number of aliphatic hydroxyl groups is 8. The maximum atomic E-state index is 12.5. The zero-order valence-corrected chi connectivity index (χ0v) is 27.6. The Morgan fingerprint density at radius 2 is 1.82 bits per heavy atom. The molecule has 0 radical (unpaired) electrons. The number of hydrogen-bond acceptors (Lipinski definition) is 13. The molecule has 0 aromatic rings. The van der Waals surface area contributed by atoms with Crippen molar-refractivity contribution in [2.45, 2.75) is 149 Å². The van der Waals surface area contributed by atoms with Crippen molar-refractivity contribution in [3.8, 4) is 0 Å². The molecule has 3 saturated carbocycles. The number of fused-ring (bicyclic) bond motifs is 3. The van der Waals surface area contributed by atoms with Gasteiger partial charge in [-0.15, -0.1) is 0 Å². The van der Waals surface area contributed by atoms with Crippen LogP contribution >= 0.6 is 0 Å². The predicted molar refractivity (Wildman–Crippen MR) is 167 cm³/mol. The van der Waals surface area contributed by atoms with Gasteiger partial charge in [0, 0.05) is 38.7 Å². The first kappa shape index (κ1) is 35.5. The second-order valence-corrected chi connectivity index (χ2v) is 15.1. The number of aliphatic imine (C=N–C) groups is 1. The molecule has 13 atom stereocenters. The van der Waals surface area contributed by atoms with Crippen molar-refractivity contribution < 1.29 is 64.2 Å². The Morgan fingerprint density at radius 1 is 1.08 bits per heavy atom. The van der Waals surface area contributed by atoms with Crippen LogP contribution in [0, 0.1) is 30.5 Å². The fraction of sp³-hybridized carbons (Fsp3) is 0.824. The van der Waals surface area contributed by atoms with Crippen molar-refractivity contribution in [3.63, 3.8) is 0 Å². The molecule has 15 nitrogen and oxygen atoms in total. The number of carbonyl (C=O) groups excluding carboxylic acids is 1. The summed E-state index contributed by atoms with van der Waals surface area (Å²) in [7, 11) is 1.71. The predicted octanol–water partition coefficient (Wildman–Crippen LogP) is -1.38. The standard InChI is InChI=1S/C34H48N2O13/c1-45-18-7-5-17(6-8-18)22-13-21(37)25-23(46-22)14-24(27(26(25)38)49-32(42)10-3-2-4-11-32)47-31-33(43)12-9-19(20-15-35-16-36-20)34(44,30(33)41)28(48-31)29(39)40/h9,12,15-19,21-28,30-31,37-38,41-44H,2-8,10-11,13-14H2,1H3/p+1. The first-order valence-corrected chi connectivity index (χ1v) is 17.6. The zero-order valence-electron chi connectivity index (χ0n) is 27.6. The number of rotatable bonds is 8. The number of nitrogens with zero attached hydrogens (tertiary/aromatic N) is 2. The van der Waals surface area contributed by atoms with E-state index in [1.165, 1.54) is 25.0 Å². The maximum absolute atomic E-state index is 12.5. The third-order valence-electron chi connectivity index (χ3n) is 12.2. The normalized spacial score (nSPS) is 49.3. The number of carboxylic acid groups (broad SMARTS) is 1. The van der Waals surface area contributed by atoms with Crippen molar-refractivity contribution in [2.24, 2.45) is 22.7 Å². The summed E-state index contributed by atoms with van der Waals surface area (Å²) in [6.45, 7) is 1.20. The molecule has 5 fully saturated rings. The lowest BCUT2D eigenvalue weighted by atomic mass is 9.63. The van der Waals surface area contributed by atoms with Crippen LogP contribution in [0.5, 0.6) is 0 Å². The van der Waals surface area contributed by atoms with E-state index in [-0.39, 0.29) is 30.6 Å². The fourth-order valence-corrected chi connectivity index (χ4v) is 9.50. The van der Waals surface area contributed by atoms with Crippen LogP contribution in [0.3, 0.4) is 0 Å². The van der Waals surface area contributed by atoms with Crippen LogP contribution < -0.4 is 5.11 Å². The molecule has 2 saturated heterocycles. The summed E-state index contributed by atoms with van der Waals surface area (Å²) in [5.74, 6) is -5.18. The van der Waals surface area contributed by atoms with Gasteiger partial charge in [-0.2, -0.15) is 0 Å². The van der Waals surface area contributed by atoms with Gasteiger partial charge in [0.25, 0.3) is 0 Å². The van der Waals surface area contributed by atoms with Crippen molar-refractivity contribution in [2.75, 3.05) is 7.11 Å². The Labute approximate surface area is 285 Å². The largest absolute Gasteiger partial charge is 0.547 e. The average molecular weight is 694 g/mol. The molecular weight excluding hydrogens is 644 g/mol. The average Bonchev–Trinajstić information content (AvgIpc) is 3.61. The van der Waals surface area contributed by atoms with Gasteiger partial charge < -0.3 is 64.2 Å². The van der Waals surface area contributed by atoms with Crippen LogP contribution in [0.15, 0.2) is 17.1 Å². The Hall–Kier alpha value is -1.86. The second-order valence-electron chi connectivity index (χ2n) is 15.1. The third kappa shape index (κ3) is 6.23. The smallest absolute Gasteiger partial charge is 0.302 e. The van der Waals surface area contributed by atoms with Gasteiger partial charge in [-0.25, -0.2) is 0 Å². The van der Waals surface area contributed by atoms with E-state index in [0.717, 1.165) is 32.1 Å². The van der Waals surface area contributed by atoms with Crippen molar-refractivity contribution in [3.05, 3.63) is 30.2 Å². The molecule has 0 aromatic carbocycles. The quantitative estimate of drug-likeness (QED) is 0.0747. The van der Waals surface area contributed by atoms with Crippen molar-refractivity contribution in [1.82, 2.24) is 0 Å². The van der Waals surface area contributed by atoms with E-state index in [4.69, 9.17) is 23.7 Å². The molecule has 0 spiro atoms. The molecule has 7 N–H and O–H groups in total. The molecular formula is C34H49N2O13+. The van der Waals surface area contributed by atoms with Crippen molar-refractivity contribution in [1.29, 1.82) is 0 Å². The molecule has 15 heteroatoms. The van der Waals surface area contributed by atoms with Gasteiger partial charge in [0.15, 0.2) is 47.4 Å². The minimum Gasteiger partial charge on any atom is -0.547 e. The first-order valence-electron chi connectivity index (χ1n) is 17.6. The summed E-state index contributed by atoms with van der Waals surface area (Å²) in [6, 6.07) is 0.146. The molecule has 272 valence electrons. The van der Waals surface area contributed by atoms with Crippen LogP contribution in [0.1, 0.15) is 70.6 Å². The third-order valence-corrected chi connectivity index (χ3v) is 12.2. The Bertz CT molecular complexity index is 1260. The zero-order chi connectivity index (χ0) is 34.7. The summed E-state index contributed by atoms with van der Waals surface area (Å²) in [5, 5.41) is 86.5. The molecule has 0 aromatic heterocycles. The molecule has 13 unspecified atom stereocenters. The van der Waals surface area contributed by atoms with Gasteiger partial charge >= 0.3 is 6.21 Å². The Kier molecular flexibility index (Phi) is 9.86. The van der Waals surface area contributed by atoms with E-state index >= 15 is 0 Å². The van der Waals surface area contributed by atoms with E-state index in [0.29, 0.717) is 32.1 Å². The molecule has 2 bridgehead atoms. The van der Waals surface area contributed by atoms with Gasteiger partial charge in [-0.3, -0.25) is 5.32 Å². The topological polar surface area (TPSA) is 238 Å². The lowest BCUT2D eigenvalue weighted by molar-refractivity contribution is -0.403. The van der Waals surface area contributed by atoms with E-state index in [9.17, 15) is 40.5 Å².